The van der Waals surface area contributed by atoms with E-state index in [9.17, 15) is 13.5 Å². The largest absolute Gasteiger partial charge is 0.398 e. The molecule has 6 nitrogen and oxygen atoms in total. The van der Waals surface area contributed by atoms with Crippen molar-refractivity contribution in [3.63, 3.8) is 0 Å². The van der Waals surface area contributed by atoms with Crippen molar-refractivity contribution in [2.24, 2.45) is 0 Å². The SMILES string of the molecule is Nc1cc(Cl)ccc1S(=O)(=O)N1CCOCC1CO. The molecule has 0 bridgehead atoms. The molecule has 0 radical (unpaired) electrons. The van der Waals surface area contributed by atoms with E-state index in [0.29, 0.717) is 11.6 Å². The van der Waals surface area contributed by atoms with Crippen LogP contribution in [0.5, 0.6) is 0 Å². The Morgan fingerprint density at radius 3 is 2.89 bits per heavy atom. The summed E-state index contributed by atoms with van der Waals surface area (Å²) in [6, 6.07) is 3.65. The molecule has 3 N–H and O–H groups in total. The van der Waals surface area contributed by atoms with E-state index in [1.807, 2.05) is 0 Å². The molecule has 0 aliphatic carbocycles. The number of aliphatic hydroxyl groups is 1. The summed E-state index contributed by atoms with van der Waals surface area (Å²) in [5, 5.41) is 9.62. The van der Waals surface area contributed by atoms with Crippen LogP contribution < -0.4 is 5.73 Å². The van der Waals surface area contributed by atoms with E-state index in [0.717, 1.165) is 0 Å². The molecule has 1 unspecified atom stereocenters. The van der Waals surface area contributed by atoms with Gasteiger partial charge in [-0.25, -0.2) is 8.42 Å². The summed E-state index contributed by atoms with van der Waals surface area (Å²) in [6.07, 6.45) is 0. The number of ether oxygens (including phenoxy) is 1. The summed E-state index contributed by atoms with van der Waals surface area (Å²) in [6.45, 7) is 0.356. The summed E-state index contributed by atoms with van der Waals surface area (Å²) in [4.78, 5) is -0.00255. The van der Waals surface area contributed by atoms with Crippen molar-refractivity contribution < 1.29 is 18.3 Å². The summed E-state index contributed by atoms with van der Waals surface area (Å²) in [5.74, 6) is 0. The second kappa shape index (κ2) is 5.64. The molecule has 1 aliphatic rings. The van der Waals surface area contributed by atoms with Crippen molar-refractivity contribution in [3.8, 4) is 0 Å². The third kappa shape index (κ3) is 2.85. The molecule has 1 heterocycles. The molecule has 1 atom stereocenters. The lowest BCUT2D eigenvalue weighted by atomic mass is 10.3. The predicted octanol–water partition coefficient (Wildman–Crippen LogP) is 0.304. The highest BCUT2D eigenvalue weighted by Crippen LogP contribution is 2.27. The van der Waals surface area contributed by atoms with Gasteiger partial charge in [0.25, 0.3) is 0 Å². The summed E-state index contributed by atoms with van der Waals surface area (Å²) in [5.41, 5.74) is 5.81. The number of rotatable bonds is 3. The third-order valence-corrected chi connectivity index (χ3v) is 5.20. The van der Waals surface area contributed by atoms with Crippen LogP contribution in [0.15, 0.2) is 23.1 Å². The van der Waals surface area contributed by atoms with Gasteiger partial charge in [-0.1, -0.05) is 11.6 Å². The first-order valence-electron chi connectivity index (χ1n) is 5.72. The molecule has 106 valence electrons. The van der Waals surface area contributed by atoms with Crippen molar-refractivity contribution in [2.75, 3.05) is 32.1 Å². The van der Waals surface area contributed by atoms with Gasteiger partial charge in [0.2, 0.25) is 10.0 Å². The van der Waals surface area contributed by atoms with Crippen LogP contribution in [0.4, 0.5) is 5.69 Å². The topological polar surface area (TPSA) is 92.9 Å². The van der Waals surface area contributed by atoms with Gasteiger partial charge in [-0.15, -0.1) is 0 Å². The quantitative estimate of drug-likeness (QED) is 0.784. The number of sulfonamides is 1. The van der Waals surface area contributed by atoms with Crippen LogP contribution in [-0.4, -0.2) is 50.2 Å². The van der Waals surface area contributed by atoms with Crippen molar-refractivity contribution >= 4 is 27.3 Å². The van der Waals surface area contributed by atoms with E-state index in [1.54, 1.807) is 0 Å². The molecule has 1 aromatic rings. The number of benzene rings is 1. The Bertz CT molecular complexity index is 564. The fraction of sp³-hybridized carbons (Fsp3) is 0.455. The van der Waals surface area contributed by atoms with E-state index < -0.39 is 16.1 Å². The second-order valence-electron chi connectivity index (χ2n) is 4.21. The van der Waals surface area contributed by atoms with E-state index >= 15 is 0 Å². The van der Waals surface area contributed by atoms with Crippen LogP contribution in [0.3, 0.4) is 0 Å². The number of halogens is 1. The van der Waals surface area contributed by atoms with Gasteiger partial charge in [-0.2, -0.15) is 4.31 Å². The molecule has 8 heteroatoms. The molecule has 1 saturated heterocycles. The standard InChI is InChI=1S/C11H15ClN2O4S/c12-8-1-2-11(10(13)5-8)19(16,17)14-3-4-18-7-9(14)6-15/h1-2,5,9,15H,3-4,6-7,13H2. The predicted molar refractivity (Wildman–Crippen MR) is 71.4 cm³/mol. The zero-order chi connectivity index (χ0) is 14.0. The summed E-state index contributed by atoms with van der Waals surface area (Å²) < 4.78 is 31.4. The van der Waals surface area contributed by atoms with Crippen LogP contribution in [0, 0.1) is 0 Å². The van der Waals surface area contributed by atoms with Crippen molar-refractivity contribution in [1.82, 2.24) is 4.31 Å². The number of nitrogen functional groups attached to an aromatic ring is 1. The van der Waals surface area contributed by atoms with E-state index in [1.165, 1.54) is 22.5 Å². The number of anilines is 1. The fourth-order valence-electron chi connectivity index (χ4n) is 1.98. The molecule has 1 aromatic carbocycles. The first-order valence-corrected chi connectivity index (χ1v) is 7.54. The number of morpholine rings is 1. The smallest absolute Gasteiger partial charge is 0.245 e. The highest BCUT2D eigenvalue weighted by atomic mass is 35.5. The van der Waals surface area contributed by atoms with Crippen LogP contribution in [0.25, 0.3) is 0 Å². The molecule has 19 heavy (non-hydrogen) atoms. The van der Waals surface area contributed by atoms with Crippen molar-refractivity contribution in [3.05, 3.63) is 23.2 Å². The first kappa shape index (κ1) is 14.5. The zero-order valence-electron chi connectivity index (χ0n) is 10.1. The minimum atomic E-state index is -3.76. The zero-order valence-corrected chi connectivity index (χ0v) is 11.7. The van der Waals surface area contributed by atoms with Gasteiger partial charge in [0.1, 0.15) is 4.90 Å². The Morgan fingerprint density at radius 1 is 1.53 bits per heavy atom. The van der Waals surface area contributed by atoms with Gasteiger partial charge in [0, 0.05) is 11.6 Å². The first-order chi connectivity index (χ1) is 8.96. The highest BCUT2D eigenvalue weighted by Gasteiger charge is 2.34. The molecular formula is C11H15ClN2O4S. The minimum Gasteiger partial charge on any atom is -0.398 e. The van der Waals surface area contributed by atoms with Gasteiger partial charge in [-0.3, -0.25) is 0 Å². The number of nitrogens with two attached hydrogens (primary N) is 1. The number of nitrogens with zero attached hydrogens (tertiary/aromatic N) is 1. The van der Waals surface area contributed by atoms with Crippen LogP contribution in [0.2, 0.25) is 5.02 Å². The maximum atomic E-state index is 12.5. The number of aliphatic hydroxyl groups excluding tert-OH is 1. The van der Waals surface area contributed by atoms with Crippen LogP contribution in [-0.2, 0) is 14.8 Å². The summed E-state index contributed by atoms with van der Waals surface area (Å²) >= 11 is 5.76. The van der Waals surface area contributed by atoms with Gasteiger partial charge in [-0.05, 0) is 18.2 Å². The molecule has 0 amide bonds. The van der Waals surface area contributed by atoms with Crippen molar-refractivity contribution in [1.29, 1.82) is 0 Å². The van der Waals surface area contributed by atoms with Crippen LogP contribution in [0.1, 0.15) is 0 Å². The monoisotopic (exact) mass is 306 g/mol. The Kier molecular flexibility index (Phi) is 4.32. The van der Waals surface area contributed by atoms with E-state index in [-0.39, 0.29) is 30.3 Å². The lowest BCUT2D eigenvalue weighted by Crippen LogP contribution is -2.50. The van der Waals surface area contributed by atoms with Gasteiger partial charge >= 0.3 is 0 Å². The Balaban J connectivity index is 2.40. The summed E-state index contributed by atoms with van der Waals surface area (Å²) in [7, 11) is -3.76. The van der Waals surface area contributed by atoms with Gasteiger partial charge in [0.15, 0.2) is 0 Å². The number of hydrogen-bond donors (Lipinski definition) is 2. The molecule has 1 fully saturated rings. The average Bonchev–Trinajstić information content (AvgIpc) is 2.38. The van der Waals surface area contributed by atoms with E-state index in [4.69, 9.17) is 22.1 Å². The third-order valence-electron chi connectivity index (χ3n) is 2.94. The molecular weight excluding hydrogens is 292 g/mol. The lowest BCUT2D eigenvalue weighted by Gasteiger charge is -2.33. The Labute approximate surface area is 116 Å². The molecule has 0 saturated carbocycles. The Hall–Kier alpha value is -0.860. The highest BCUT2D eigenvalue weighted by molar-refractivity contribution is 7.89. The Morgan fingerprint density at radius 2 is 2.26 bits per heavy atom. The molecule has 2 rings (SSSR count). The fourth-order valence-corrected chi connectivity index (χ4v) is 3.85. The normalized spacial score (nSPS) is 21.5. The molecule has 0 spiro atoms. The van der Waals surface area contributed by atoms with Gasteiger partial charge in [0.05, 0.1) is 31.5 Å². The second-order valence-corrected chi connectivity index (χ2v) is 6.50. The molecule has 1 aliphatic heterocycles. The maximum absolute atomic E-state index is 12.5. The maximum Gasteiger partial charge on any atom is 0.245 e. The van der Waals surface area contributed by atoms with Gasteiger partial charge < -0.3 is 15.6 Å². The van der Waals surface area contributed by atoms with Crippen LogP contribution >= 0.6 is 11.6 Å². The molecule has 0 aromatic heterocycles. The average molecular weight is 307 g/mol. The minimum absolute atomic E-state index is 0.00255. The number of hydrogen-bond acceptors (Lipinski definition) is 5. The van der Waals surface area contributed by atoms with E-state index in [2.05, 4.69) is 0 Å². The van der Waals surface area contributed by atoms with Crippen molar-refractivity contribution in [2.45, 2.75) is 10.9 Å². The lowest BCUT2D eigenvalue weighted by molar-refractivity contribution is 0.0109.